The van der Waals surface area contributed by atoms with Gasteiger partial charge in [-0.15, -0.1) is 0 Å². The van der Waals surface area contributed by atoms with Crippen molar-refractivity contribution < 1.29 is 23.8 Å². The lowest BCUT2D eigenvalue weighted by atomic mass is 9.96. The molecule has 0 fully saturated rings. The summed E-state index contributed by atoms with van der Waals surface area (Å²) >= 11 is 0. The van der Waals surface area contributed by atoms with E-state index in [1.165, 1.54) is 24.3 Å². The molecule has 1 aromatic carbocycles. The molecule has 5 heteroatoms. The van der Waals surface area contributed by atoms with Crippen molar-refractivity contribution in [2.75, 3.05) is 0 Å². The summed E-state index contributed by atoms with van der Waals surface area (Å²) in [5.41, 5.74) is 0.0260. The number of rotatable bonds is 5. The number of hydrogen-bond acceptors (Lipinski definition) is 3. The van der Waals surface area contributed by atoms with Crippen LogP contribution in [0.25, 0.3) is 0 Å². The highest BCUT2D eigenvalue weighted by atomic mass is 19.1. The van der Waals surface area contributed by atoms with Crippen LogP contribution in [0.2, 0.25) is 0 Å². The highest BCUT2D eigenvalue weighted by Crippen LogP contribution is 2.17. The van der Waals surface area contributed by atoms with Crippen LogP contribution in [0.4, 0.5) is 4.39 Å². The summed E-state index contributed by atoms with van der Waals surface area (Å²) in [4.78, 5) is 22.9. The zero-order valence-corrected chi connectivity index (χ0v) is 11.9. The molecule has 0 aliphatic rings. The van der Waals surface area contributed by atoms with Crippen molar-refractivity contribution in [2.45, 2.75) is 39.2 Å². The van der Waals surface area contributed by atoms with E-state index >= 15 is 0 Å². The molecule has 0 saturated heterocycles. The average Bonchev–Trinajstić information content (AvgIpc) is 2.28. The third-order valence-electron chi connectivity index (χ3n) is 2.58. The number of aliphatic carboxylic acids is 1. The summed E-state index contributed by atoms with van der Waals surface area (Å²) in [6, 6.07) is 5.56. The van der Waals surface area contributed by atoms with E-state index in [0.29, 0.717) is 5.56 Å². The minimum Gasteiger partial charge on any atom is -0.481 e. The Morgan fingerprint density at radius 1 is 1.25 bits per heavy atom. The van der Waals surface area contributed by atoms with Gasteiger partial charge in [0, 0.05) is 0 Å². The van der Waals surface area contributed by atoms with E-state index in [9.17, 15) is 14.0 Å². The first-order valence-electron chi connectivity index (χ1n) is 6.36. The van der Waals surface area contributed by atoms with Gasteiger partial charge in [0.1, 0.15) is 11.4 Å². The zero-order valence-electron chi connectivity index (χ0n) is 11.9. The summed E-state index contributed by atoms with van der Waals surface area (Å²) in [5.74, 6) is -2.88. The fourth-order valence-electron chi connectivity index (χ4n) is 1.74. The Balaban J connectivity index is 2.68. The van der Waals surface area contributed by atoms with Crippen molar-refractivity contribution in [3.8, 4) is 0 Å². The number of esters is 1. The van der Waals surface area contributed by atoms with Crippen LogP contribution < -0.4 is 0 Å². The number of halogens is 1. The highest BCUT2D eigenvalue weighted by Gasteiger charge is 2.25. The molecule has 20 heavy (non-hydrogen) atoms. The number of carbonyl (C=O) groups is 2. The molecule has 0 radical (unpaired) electrons. The molecule has 1 rings (SSSR count). The minimum atomic E-state index is -1.07. The van der Waals surface area contributed by atoms with Crippen LogP contribution in [0.15, 0.2) is 24.3 Å². The fourth-order valence-corrected chi connectivity index (χ4v) is 1.74. The molecule has 0 aromatic heterocycles. The van der Waals surface area contributed by atoms with Crippen molar-refractivity contribution in [3.05, 3.63) is 35.6 Å². The third-order valence-corrected chi connectivity index (χ3v) is 2.58. The normalized spacial score (nSPS) is 12.8. The number of carbonyl (C=O) groups excluding carboxylic acids is 1. The Morgan fingerprint density at radius 2 is 1.80 bits per heavy atom. The number of benzene rings is 1. The smallest absolute Gasteiger partial charge is 0.307 e. The summed E-state index contributed by atoms with van der Waals surface area (Å²) < 4.78 is 17.9. The Kier molecular flexibility index (Phi) is 5.25. The summed E-state index contributed by atoms with van der Waals surface area (Å²) in [6.45, 7) is 5.17. The van der Waals surface area contributed by atoms with Crippen molar-refractivity contribution in [2.24, 2.45) is 5.92 Å². The van der Waals surface area contributed by atoms with Crippen molar-refractivity contribution in [3.63, 3.8) is 0 Å². The standard InChI is InChI=1S/C15H19FO4/c1-15(2,3)20-13(17)9-11(14(18)19)8-10-4-6-12(16)7-5-10/h4-7,11H,8-9H2,1-3H3,(H,18,19). The predicted octanol–water partition coefficient (Wildman–Crippen LogP) is 2.80. The lowest BCUT2D eigenvalue weighted by Gasteiger charge is -2.21. The molecule has 1 unspecified atom stereocenters. The van der Waals surface area contributed by atoms with Gasteiger partial charge in [0.05, 0.1) is 12.3 Å². The van der Waals surface area contributed by atoms with Gasteiger partial charge < -0.3 is 9.84 Å². The predicted molar refractivity (Wildman–Crippen MR) is 71.7 cm³/mol. The van der Waals surface area contributed by atoms with E-state index < -0.39 is 23.5 Å². The number of ether oxygens (including phenoxy) is 1. The maximum Gasteiger partial charge on any atom is 0.307 e. The molecule has 1 aromatic rings. The van der Waals surface area contributed by atoms with Crippen LogP contribution in [0.3, 0.4) is 0 Å². The summed E-state index contributed by atoms with van der Waals surface area (Å²) in [7, 11) is 0. The molecule has 4 nitrogen and oxygen atoms in total. The first kappa shape index (κ1) is 16.1. The van der Waals surface area contributed by atoms with Crippen LogP contribution in [0.5, 0.6) is 0 Å². The van der Waals surface area contributed by atoms with Gasteiger partial charge >= 0.3 is 11.9 Å². The van der Waals surface area contributed by atoms with E-state index in [1.54, 1.807) is 20.8 Å². The van der Waals surface area contributed by atoms with Gasteiger partial charge in [0.15, 0.2) is 0 Å². The van der Waals surface area contributed by atoms with Crippen molar-refractivity contribution >= 4 is 11.9 Å². The van der Waals surface area contributed by atoms with Crippen LogP contribution in [0.1, 0.15) is 32.8 Å². The zero-order chi connectivity index (χ0) is 15.3. The number of carboxylic acids is 1. The first-order chi connectivity index (χ1) is 9.17. The van der Waals surface area contributed by atoms with Gasteiger partial charge in [-0.2, -0.15) is 0 Å². The fraction of sp³-hybridized carbons (Fsp3) is 0.467. The molecular formula is C15H19FO4. The van der Waals surface area contributed by atoms with Crippen LogP contribution in [-0.2, 0) is 20.7 Å². The second-order valence-electron chi connectivity index (χ2n) is 5.66. The molecule has 0 aliphatic carbocycles. The molecule has 0 heterocycles. The van der Waals surface area contributed by atoms with Crippen LogP contribution in [0, 0.1) is 11.7 Å². The van der Waals surface area contributed by atoms with E-state index in [4.69, 9.17) is 9.84 Å². The number of carboxylic acid groups (broad SMARTS) is 1. The monoisotopic (exact) mass is 282 g/mol. The van der Waals surface area contributed by atoms with Crippen LogP contribution in [-0.4, -0.2) is 22.6 Å². The number of hydrogen-bond donors (Lipinski definition) is 1. The lowest BCUT2D eigenvalue weighted by Crippen LogP contribution is -2.28. The summed E-state index contributed by atoms with van der Waals surface area (Å²) in [6.07, 6.45) is -0.0428. The Bertz CT molecular complexity index is 474. The molecule has 0 spiro atoms. The molecular weight excluding hydrogens is 263 g/mol. The second kappa shape index (κ2) is 6.50. The molecule has 1 atom stereocenters. The van der Waals surface area contributed by atoms with E-state index in [0.717, 1.165) is 0 Å². The third kappa shape index (κ3) is 5.82. The van der Waals surface area contributed by atoms with Gasteiger partial charge in [-0.3, -0.25) is 9.59 Å². The van der Waals surface area contributed by atoms with Crippen molar-refractivity contribution in [1.82, 2.24) is 0 Å². The lowest BCUT2D eigenvalue weighted by molar-refractivity contribution is -0.159. The maximum absolute atomic E-state index is 12.8. The minimum absolute atomic E-state index is 0.162. The van der Waals surface area contributed by atoms with Gasteiger partial charge in [-0.25, -0.2) is 4.39 Å². The quantitative estimate of drug-likeness (QED) is 0.843. The first-order valence-corrected chi connectivity index (χ1v) is 6.36. The summed E-state index contributed by atoms with van der Waals surface area (Å²) in [5, 5.41) is 9.15. The largest absolute Gasteiger partial charge is 0.481 e. The maximum atomic E-state index is 12.8. The molecule has 0 bridgehead atoms. The topological polar surface area (TPSA) is 63.6 Å². The Hall–Kier alpha value is -1.91. The molecule has 0 aliphatic heterocycles. The Morgan fingerprint density at radius 3 is 2.25 bits per heavy atom. The second-order valence-corrected chi connectivity index (χ2v) is 5.66. The van der Waals surface area contributed by atoms with E-state index in [1.807, 2.05) is 0 Å². The molecule has 0 saturated carbocycles. The van der Waals surface area contributed by atoms with Crippen LogP contribution >= 0.6 is 0 Å². The van der Waals surface area contributed by atoms with Gasteiger partial charge in [-0.05, 0) is 44.9 Å². The Labute approximate surface area is 117 Å². The van der Waals surface area contributed by atoms with Gasteiger partial charge in [0.25, 0.3) is 0 Å². The molecule has 1 N–H and O–H groups in total. The average molecular weight is 282 g/mol. The van der Waals surface area contributed by atoms with Gasteiger partial charge in [0.2, 0.25) is 0 Å². The van der Waals surface area contributed by atoms with Gasteiger partial charge in [-0.1, -0.05) is 12.1 Å². The molecule has 0 amide bonds. The van der Waals surface area contributed by atoms with E-state index in [2.05, 4.69) is 0 Å². The SMILES string of the molecule is CC(C)(C)OC(=O)CC(Cc1ccc(F)cc1)C(=O)O. The highest BCUT2D eigenvalue weighted by molar-refractivity contribution is 5.79. The molecule has 110 valence electrons. The van der Waals surface area contributed by atoms with E-state index in [-0.39, 0.29) is 18.7 Å². The van der Waals surface area contributed by atoms with Crippen molar-refractivity contribution in [1.29, 1.82) is 0 Å².